The van der Waals surface area contributed by atoms with E-state index < -0.39 is 5.60 Å². The van der Waals surface area contributed by atoms with E-state index in [0.717, 1.165) is 39.0 Å². The van der Waals surface area contributed by atoms with Crippen molar-refractivity contribution >= 4 is 12.0 Å². The van der Waals surface area contributed by atoms with Crippen LogP contribution in [0, 0.1) is 0 Å². The highest BCUT2D eigenvalue weighted by Gasteiger charge is 2.36. The Bertz CT molecular complexity index is 391. The van der Waals surface area contributed by atoms with Crippen molar-refractivity contribution in [3.8, 4) is 0 Å². The molecule has 0 aromatic carbocycles. The minimum absolute atomic E-state index is 0.160. The summed E-state index contributed by atoms with van der Waals surface area (Å²) in [7, 11) is 0. The van der Waals surface area contributed by atoms with Gasteiger partial charge in [0.15, 0.2) is 0 Å². The molecule has 1 N–H and O–H groups in total. The highest BCUT2D eigenvalue weighted by atomic mass is 16.6. The van der Waals surface area contributed by atoms with Crippen LogP contribution in [0.4, 0.5) is 4.79 Å². The topological polar surface area (TPSA) is 61.9 Å². The first-order valence-corrected chi connectivity index (χ1v) is 7.73. The van der Waals surface area contributed by atoms with Gasteiger partial charge in [0.05, 0.1) is 0 Å². The zero-order chi connectivity index (χ0) is 15.6. The molecule has 1 saturated heterocycles. The number of carbonyl (C=O) groups is 2. The van der Waals surface area contributed by atoms with Gasteiger partial charge in [0.25, 0.3) is 0 Å². The van der Waals surface area contributed by atoms with Gasteiger partial charge < -0.3 is 15.0 Å². The van der Waals surface area contributed by atoms with Crippen LogP contribution < -0.4 is 5.32 Å². The highest BCUT2D eigenvalue weighted by Crippen LogP contribution is 2.27. The summed E-state index contributed by atoms with van der Waals surface area (Å²) >= 11 is 0. The Morgan fingerprint density at radius 1 is 1.10 bits per heavy atom. The fourth-order valence-electron chi connectivity index (χ4n) is 2.88. The molecule has 0 bridgehead atoms. The van der Waals surface area contributed by atoms with Gasteiger partial charge in [-0.1, -0.05) is 0 Å². The second-order valence-electron chi connectivity index (χ2n) is 7.01. The summed E-state index contributed by atoms with van der Waals surface area (Å²) in [6, 6.07) is 0.745. The van der Waals surface area contributed by atoms with E-state index in [4.69, 9.17) is 4.74 Å². The predicted octanol–water partition coefficient (Wildman–Crippen LogP) is 1.21. The van der Waals surface area contributed by atoms with Crippen LogP contribution in [0.1, 0.15) is 40.5 Å². The third-order valence-electron chi connectivity index (χ3n) is 4.11. The number of nitrogens with zero attached hydrogens (tertiary/aromatic N) is 2. The van der Waals surface area contributed by atoms with Crippen LogP contribution in [0.3, 0.4) is 0 Å². The molecule has 2 fully saturated rings. The molecule has 21 heavy (non-hydrogen) atoms. The molecule has 0 spiro atoms. The number of nitrogens with one attached hydrogen (secondary N) is 1. The number of alkyl carbamates (subject to hydrolysis) is 1. The number of carbonyl (C=O) groups excluding carboxylic acids is 2. The maximum Gasteiger partial charge on any atom is 0.407 e. The zero-order valence-corrected chi connectivity index (χ0v) is 13.5. The molecular weight excluding hydrogens is 270 g/mol. The second-order valence-corrected chi connectivity index (χ2v) is 7.01. The van der Waals surface area contributed by atoms with Crippen LogP contribution >= 0.6 is 0 Å². The van der Waals surface area contributed by atoms with Gasteiger partial charge in [-0.3, -0.25) is 9.69 Å². The Morgan fingerprint density at radius 3 is 2.14 bits per heavy atom. The number of ether oxygens (including phenoxy) is 1. The predicted molar refractivity (Wildman–Crippen MR) is 80.0 cm³/mol. The maximum absolute atomic E-state index is 11.7. The lowest BCUT2D eigenvalue weighted by atomic mass is 9.85. The lowest BCUT2D eigenvalue weighted by Gasteiger charge is -2.46. The van der Waals surface area contributed by atoms with E-state index in [-0.39, 0.29) is 18.0 Å². The molecule has 0 aromatic rings. The first-order chi connectivity index (χ1) is 9.74. The minimum atomic E-state index is -0.448. The van der Waals surface area contributed by atoms with Crippen LogP contribution in [0.5, 0.6) is 0 Å². The van der Waals surface area contributed by atoms with Crippen molar-refractivity contribution in [1.29, 1.82) is 0 Å². The molecule has 1 aliphatic carbocycles. The van der Waals surface area contributed by atoms with Gasteiger partial charge in [0, 0.05) is 45.2 Å². The molecule has 6 heteroatoms. The summed E-state index contributed by atoms with van der Waals surface area (Å²) < 4.78 is 5.26. The van der Waals surface area contributed by atoms with Gasteiger partial charge in [-0.2, -0.15) is 0 Å². The summed E-state index contributed by atoms with van der Waals surface area (Å²) in [5.74, 6) is 0.160. The van der Waals surface area contributed by atoms with E-state index >= 15 is 0 Å². The van der Waals surface area contributed by atoms with Gasteiger partial charge in [0.1, 0.15) is 5.60 Å². The maximum atomic E-state index is 11.7. The van der Waals surface area contributed by atoms with Crippen LogP contribution in [0.25, 0.3) is 0 Å². The van der Waals surface area contributed by atoms with Gasteiger partial charge in [-0.15, -0.1) is 0 Å². The van der Waals surface area contributed by atoms with E-state index in [9.17, 15) is 9.59 Å². The Balaban J connectivity index is 1.66. The fourth-order valence-corrected chi connectivity index (χ4v) is 2.88. The van der Waals surface area contributed by atoms with Crippen LogP contribution in [0.15, 0.2) is 0 Å². The largest absolute Gasteiger partial charge is 0.444 e. The van der Waals surface area contributed by atoms with Gasteiger partial charge in [-0.05, 0) is 33.6 Å². The van der Waals surface area contributed by atoms with Gasteiger partial charge in [0.2, 0.25) is 5.91 Å². The second kappa shape index (κ2) is 6.22. The smallest absolute Gasteiger partial charge is 0.407 e. The standard InChI is InChI=1S/C15H27N3O3/c1-11(19)17-5-7-18(8-6-17)13-9-12(10-13)16-14(20)21-15(2,3)4/h12-13H,5-10H2,1-4H3,(H,16,20). The average molecular weight is 297 g/mol. The van der Waals surface area contributed by atoms with Crippen LogP contribution in [0.2, 0.25) is 0 Å². The van der Waals surface area contributed by atoms with E-state index in [1.807, 2.05) is 25.7 Å². The van der Waals surface area contributed by atoms with E-state index in [1.165, 1.54) is 0 Å². The van der Waals surface area contributed by atoms with Crippen LogP contribution in [-0.2, 0) is 9.53 Å². The first kappa shape index (κ1) is 16.1. The number of rotatable bonds is 2. The summed E-state index contributed by atoms with van der Waals surface area (Å²) in [5, 5.41) is 2.92. The van der Waals surface area contributed by atoms with Crippen molar-refractivity contribution in [2.24, 2.45) is 0 Å². The summed E-state index contributed by atoms with van der Waals surface area (Å²) in [4.78, 5) is 27.3. The van der Waals surface area contributed by atoms with E-state index in [1.54, 1.807) is 6.92 Å². The molecule has 0 unspecified atom stereocenters. The quantitative estimate of drug-likeness (QED) is 0.832. The molecule has 1 heterocycles. The normalized spacial score (nSPS) is 27.0. The SMILES string of the molecule is CC(=O)N1CCN(C2CC(NC(=O)OC(C)(C)C)C2)CC1. The molecule has 2 rings (SSSR count). The molecular formula is C15H27N3O3. The molecule has 0 aromatic heterocycles. The monoisotopic (exact) mass is 297 g/mol. The number of hydrogen-bond acceptors (Lipinski definition) is 4. The van der Waals surface area contributed by atoms with E-state index in [0.29, 0.717) is 6.04 Å². The fraction of sp³-hybridized carbons (Fsp3) is 0.867. The molecule has 0 atom stereocenters. The number of amides is 2. The summed E-state index contributed by atoms with van der Waals surface area (Å²) in [6.07, 6.45) is 1.62. The van der Waals surface area contributed by atoms with Crippen molar-refractivity contribution in [3.05, 3.63) is 0 Å². The Hall–Kier alpha value is -1.30. The Morgan fingerprint density at radius 2 is 1.67 bits per heavy atom. The highest BCUT2D eigenvalue weighted by molar-refractivity contribution is 5.73. The third-order valence-corrected chi connectivity index (χ3v) is 4.11. The first-order valence-electron chi connectivity index (χ1n) is 7.73. The van der Waals surface area contributed by atoms with E-state index in [2.05, 4.69) is 10.2 Å². The van der Waals surface area contributed by atoms with Crippen LogP contribution in [-0.4, -0.2) is 65.7 Å². The Labute approximate surface area is 126 Å². The lowest BCUT2D eigenvalue weighted by molar-refractivity contribution is -0.131. The molecule has 2 amide bonds. The van der Waals surface area contributed by atoms with Crippen molar-refractivity contribution < 1.29 is 14.3 Å². The molecule has 0 radical (unpaired) electrons. The summed E-state index contributed by atoms with van der Waals surface area (Å²) in [5.41, 5.74) is -0.448. The molecule has 1 saturated carbocycles. The molecule has 120 valence electrons. The molecule has 6 nitrogen and oxygen atoms in total. The van der Waals surface area contributed by atoms with Crippen molar-refractivity contribution in [2.45, 2.75) is 58.2 Å². The van der Waals surface area contributed by atoms with Gasteiger partial charge >= 0.3 is 6.09 Å². The Kier molecular flexibility index (Phi) is 4.76. The van der Waals surface area contributed by atoms with Crippen molar-refractivity contribution in [3.63, 3.8) is 0 Å². The van der Waals surface area contributed by atoms with Gasteiger partial charge in [-0.25, -0.2) is 4.79 Å². The van der Waals surface area contributed by atoms with Crippen molar-refractivity contribution in [1.82, 2.24) is 15.1 Å². The molecule has 2 aliphatic rings. The number of hydrogen-bond donors (Lipinski definition) is 1. The number of piperazine rings is 1. The third kappa shape index (κ3) is 4.59. The van der Waals surface area contributed by atoms with Crippen molar-refractivity contribution in [2.75, 3.05) is 26.2 Å². The lowest BCUT2D eigenvalue weighted by Crippen LogP contribution is -2.59. The molecule has 1 aliphatic heterocycles. The minimum Gasteiger partial charge on any atom is -0.444 e. The average Bonchev–Trinajstić information content (AvgIpc) is 2.31. The summed E-state index contributed by atoms with van der Waals surface area (Å²) in [6.45, 7) is 10.7. The zero-order valence-electron chi connectivity index (χ0n) is 13.5.